The number of hydrogen-bond donors (Lipinski definition) is 0. The van der Waals surface area contributed by atoms with Crippen molar-refractivity contribution in [3.05, 3.63) is 0 Å². The predicted octanol–water partition coefficient (Wildman–Crippen LogP) is 5.21. The minimum absolute atomic E-state index is 0.330. The van der Waals surface area contributed by atoms with E-state index in [-0.39, 0.29) is 0 Å². The van der Waals surface area contributed by atoms with Crippen LogP contribution in [0.25, 0.3) is 0 Å². The Kier molecular flexibility index (Phi) is 6.37. The van der Waals surface area contributed by atoms with Crippen LogP contribution in [0.15, 0.2) is 0 Å². The van der Waals surface area contributed by atoms with Crippen molar-refractivity contribution in [2.75, 3.05) is 0 Å². The normalized spacial score (nSPS) is 40.5. The summed E-state index contributed by atoms with van der Waals surface area (Å²) in [5.41, 5.74) is 0. The van der Waals surface area contributed by atoms with Gasteiger partial charge in [0.05, 0.1) is 18.3 Å². The lowest BCUT2D eigenvalue weighted by atomic mass is 9.96. The maximum Gasteiger partial charge on any atom is 0.501 e. The molecule has 3 aliphatic rings. The van der Waals surface area contributed by atoms with Crippen LogP contribution < -0.4 is 0 Å². The lowest BCUT2D eigenvalue weighted by Crippen LogP contribution is -2.48. The zero-order valence-corrected chi connectivity index (χ0v) is 15.4. The van der Waals surface area contributed by atoms with Gasteiger partial charge in [0, 0.05) is 12.5 Å². The molecule has 0 aromatic heterocycles. The van der Waals surface area contributed by atoms with Crippen LogP contribution >= 0.6 is 0 Å². The Balaban J connectivity index is 1.64. The van der Waals surface area contributed by atoms with Crippen molar-refractivity contribution in [2.45, 2.75) is 115 Å². The summed E-state index contributed by atoms with van der Waals surface area (Å²) in [4.78, 5) is 0. The molecule has 4 heteroatoms. The van der Waals surface area contributed by atoms with E-state index in [1.807, 2.05) is 0 Å². The van der Waals surface area contributed by atoms with E-state index in [0.29, 0.717) is 18.3 Å². The molecule has 2 saturated heterocycles. The molecule has 1 saturated carbocycles. The maximum atomic E-state index is 6.48. The lowest BCUT2D eigenvalue weighted by molar-refractivity contribution is 0.00829. The van der Waals surface area contributed by atoms with E-state index in [1.54, 1.807) is 0 Å². The molecule has 1 aliphatic carbocycles. The molecule has 3 nitrogen and oxygen atoms in total. The molecule has 3 bridgehead atoms. The average Bonchev–Trinajstić information content (AvgIpc) is 2.77. The summed E-state index contributed by atoms with van der Waals surface area (Å²) in [7, 11) is -2.33. The second kappa shape index (κ2) is 8.27. The van der Waals surface area contributed by atoms with Gasteiger partial charge in [-0.2, -0.15) is 0 Å². The number of hydrogen-bond acceptors (Lipinski definition) is 3. The van der Waals surface area contributed by atoms with Gasteiger partial charge < -0.3 is 13.3 Å². The summed E-state index contributed by atoms with van der Waals surface area (Å²) in [5, 5.41) is 0. The van der Waals surface area contributed by atoms with Gasteiger partial charge in [-0.25, -0.2) is 0 Å². The van der Waals surface area contributed by atoms with Crippen LogP contribution in [0.4, 0.5) is 0 Å². The third-order valence-electron chi connectivity index (χ3n) is 5.52. The number of unbranched alkanes of at least 4 members (excludes halogenated alkanes) is 1. The fraction of sp³-hybridized carbons (Fsp3) is 1.00. The summed E-state index contributed by atoms with van der Waals surface area (Å²) in [6.07, 6.45) is 17.9. The molecule has 0 amide bonds. The topological polar surface area (TPSA) is 27.7 Å². The summed E-state index contributed by atoms with van der Waals surface area (Å²) >= 11 is 0. The molecule has 128 valence electrons. The Morgan fingerprint density at radius 2 is 1.41 bits per heavy atom. The third-order valence-corrected chi connectivity index (χ3v) is 8.50. The van der Waals surface area contributed by atoms with Crippen molar-refractivity contribution in [3.63, 3.8) is 0 Å². The summed E-state index contributed by atoms with van der Waals surface area (Å²) < 4.78 is 19.3. The Bertz CT molecular complexity index is 334. The van der Waals surface area contributed by atoms with E-state index in [0.717, 1.165) is 12.5 Å². The zero-order valence-electron chi connectivity index (χ0n) is 14.4. The largest absolute Gasteiger partial charge is 0.501 e. The van der Waals surface area contributed by atoms with Gasteiger partial charge in [-0.3, -0.25) is 0 Å². The molecule has 4 atom stereocenters. The van der Waals surface area contributed by atoms with Gasteiger partial charge in [-0.05, 0) is 19.3 Å². The predicted molar refractivity (Wildman–Crippen MR) is 90.9 cm³/mol. The van der Waals surface area contributed by atoms with Gasteiger partial charge in [-0.1, -0.05) is 64.7 Å². The standard InChI is InChI=1S/C18H34O3Si/c1-2-3-14-22-19-16-12-10-8-6-4-5-7-9-11-13-17(20-22)18(15-16)21-22/h16-18H,2-15H2,1H3. The summed E-state index contributed by atoms with van der Waals surface area (Å²) in [5.74, 6) is 0. The first kappa shape index (κ1) is 16.9. The molecular weight excluding hydrogens is 292 g/mol. The van der Waals surface area contributed by atoms with E-state index in [1.165, 1.54) is 77.0 Å². The molecule has 4 unspecified atom stereocenters. The molecular formula is C18H34O3Si. The second-order valence-corrected chi connectivity index (χ2v) is 10.1. The van der Waals surface area contributed by atoms with E-state index in [9.17, 15) is 0 Å². The molecule has 0 aromatic rings. The van der Waals surface area contributed by atoms with Gasteiger partial charge in [0.15, 0.2) is 0 Å². The first-order chi connectivity index (χ1) is 10.8. The monoisotopic (exact) mass is 326 g/mol. The third kappa shape index (κ3) is 4.34. The second-order valence-electron chi connectivity index (χ2n) is 7.48. The van der Waals surface area contributed by atoms with Gasteiger partial charge in [0.25, 0.3) is 0 Å². The van der Waals surface area contributed by atoms with Crippen LogP contribution in [0.3, 0.4) is 0 Å². The van der Waals surface area contributed by atoms with Crippen LogP contribution in [0.2, 0.25) is 6.04 Å². The van der Waals surface area contributed by atoms with Crippen molar-refractivity contribution in [1.82, 2.24) is 0 Å². The molecule has 0 aromatic carbocycles. The van der Waals surface area contributed by atoms with Gasteiger partial charge >= 0.3 is 8.80 Å². The van der Waals surface area contributed by atoms with Gasteiger partial charge in [0.1, 0.15) is 0 Å². The minimum atomic E-state index is -2.33. The van der Waals surface area contributed by atoms with E-state index in [2.05, 4.69) is 6.92 Å². The Hall–Kier alpha value is 0.0969. The van der Waals surface area contributed by atoms with E-state index in [4.69, 9.17) is 13.3 Å². The smallest absolute Gasteiger partial charge is 0.370 e. The van der Waals surface area contributed by atoms with Crippen molar-refractivity contribution < 1.29 is 13.3 Å². The van der Waals surface area contributed by atoms with Crippen LogP contribution in [0, 0.1) is 0 Å². The molecule has 0 spiro atoms. The Morgan fingerprint density at radius 1 is 0.773 bits per heavy atom. The van der Waals surface area contributed by atoms with Crippen molar-refractivity contribution in [2.24, 2.45) is 0 Å². The molecule has 22 heavy (non-hydrogen) atoms. The minimum Gasteiger partial charge on any atom is -0.370 e. The maximum absolute atomic E-state index is 6.48. The number of fused-ring (bicyclic) bond motifs is 2. The molecule has 0 radical (unpaired) electrons. The zero-order chi connectivity index (χ0) is 15.3. The van der Waals surface area contributed by atoms with Crippen LogP contribution in [-0.2, 0) is 13.3 Å². The van der Waals surface area contributed by atoms with E-state index < -0.39 is 8.80 Å². The highest BCUT2D eigenvalue weighted by Gasteiger charge is 2.57. The average molecular weight is 327 g/mol. The number of rotatable bonds is 3. The summed E-state index contributed by atoms with van der Waals surface area (Å²) in [6.45, 7) is 2.24. The highest BCUT2D eigenvalue weighted by atomic mass is 28.4. The Morgan fingerprint density at radius 3 is 2.14 bits per heavy atom. The van der Waals surface area contributed by atoms with E-state index >= 15 is 0 Å². The van der Waals surface area contributed by atoms with Crippen LogP contribution in [0.1, 0.15) is 90.4 Å². The molecule has 2 aliphatic heterocycles. The van der Waals surface area contributed by atoms with Gasteiger partial charge in [-0.15, -0.1) is 0 Å². The fourth-order valence-electron chi connectivity index (χ4n) is 4.23. The molecule has 0 N–H and O–H groups in total. The first-order valence-corrected chi connectivity index (χ1v) is 11.8. The lowest BCUT2D eigenvalue weighted by Gasteiger charge is -2.34. The fourth-order valence-corrected chi connectivity index (χ4v) is 7.70. The van der Waals surface area contributed by atoms with Crippen LogP contribution in [0.5, 0.6) is 0 Å². The van der Waals surface area contributed by atoms with Crippen molar-refractivity contribution in [1.29, 1.82) is 0 Å². The molecule has 3 rings (SSSR count). The molecule has 2 heterocycles. The highest BCUT2D eigenvalue weighted by Crippen LogP contribution is 2.41. The van der Waals surface area contributed by atoms with Gasteiger partial charge in [0.2, 0.25) is 0 Å². The quantitative estimate of drug-likeness (QED) is 0.666. The van der Waals surface area contributed by atoms with Crippen molar-refractivity contribution >= 4 is 8.80 Å². The Labute approximate surface area is 137 Å². The van der Waals surface area contributed by atoms with Crippen molar-refractivity contribution in [3.8, 4) is 0 Å². The summed E-state index contributed by atoms with van der Waals surface area (Å²) in [6, 6.07) is 1.03. The van der Waals surface area contributed by atoms with Crippen LogP contribution in [-0.4, -0.2) is 27.1 Å². The highest BCUT2D eigenvalue weighted by molar-refractivity contribution is 6.61. The molecule has 3 fully saturated rings. The SMILES string of the molecule is CCCC[Si]12OC3CCCCCCCCCCC(O1)C(C3)O2. The first-order valence-electron chi connectivity index (χ1n) is 9.85.